The van der Waals surface area contributed by atoms with Gasteiger partial charge < -0.3 is 20.4 Å². The van der Waals surface area contributed by atoms with E-state index >= 15 is 0 Å². The Kier molecular flexibility index (Phi) is 5.79. The lowest BCUT2D eigenvalue weighted by atomic mass is 10.2. The molecule has 0 aliphatic rings. The number of urea groups is 1. The standard InChI is InChI=1S/C18H14Cl3N3O3/c1-2-27-17(25)16-15(11-7-9(19)3-6-14(11)23-16)24-18(26)22-10-4-5-12(20)13(21)8-10/h3-8,23H,2H2,1H3,(H2,22,24,26). The highest BCUT2D eigenvalue weighted by Crippen LogP contribution is 2.31. The number of carbonyl (C=O) groups excluding carboxylic acids is 2. The van der Waals surface area contributed by atoms with Crippen molar-refractivity contribution in [3.05, 3.63) is 57.2 Å². The molecule has 0 atom stereocenters. The average molecular weight is 427 g/mol. The Morgan fingerprint density at radius 3 is 2.52 bits per heavy atom. The summed E-state index contributed by atoms with van der Waals surface area (Å²) in [4.78, 5) is 27.6. The van der Waals surface area contributed by atoms with E-state index in [1.807, 2.05) is 0 Å². The number of rotatable bonds is 4. The summed E-state index contributed by atoms with van der Waals surface area (Å²) in [6, 6.07) is 9.14. The van der Waals surface area contributed by atoms with Gasteiger partial charge in [-0.3, -0.25) is 0 Å². The molecule has 0 bridgehead atoms. The van der Waals surface area contributed by atoms with Crippen LogP contribution in [0.4, 0.5) is 16.2 Å². The molecule has 1 heterocycles. The van der Waals surface area contributed by atoms with Crippen molar-refractivity contribution in [3.63, 3.8) is 0 Å². The molecule has 2 amide bonds. The number of amides is 2. The molecule has 3 rings (SSSR count). The zero-order valence-electron chi connectivity index (χ0n) is 14.0. The van der Waals surface area contributed by atoms with Gasteiger partial charge in [0.1, 0.15) is 5.69 Å². The van der Waals surface area contributed by atoms with E-state index in [-0.39, 0.29) is 18.0 Å². The first-order chi connectivity index (χ1) is 12.9. The van der Waals surface area contributed by atoms with Crippen molar-refractivity contribution in [2.24, 2.45) is 0 Å². The van der Waals surface area contributed by atoms with Crippen molar-refractivity contribution in [1.82, 2.24) is 4.98 Å². The minimum Gasteiger partial charge on any atom is -0.461 e. The molecule has 0 fully saturated rings. The third-order valence-corrected chi connectivity index (χ3v) is 4.63. The van der Waals surface area contributed by atoms with E-state index in [9.17, 15) is 9.59 Å². The van der Waals surface area contributed by atoms with E-state index in [0.29, 0.717) is 31.7 Å². The maximum absolute atomic E-state index is 12.4. The van der Waals surface area contributed by atoms with Gasteiger partial charge in [-0.2, -0.15) is 0 Å². The van der Waals surface area contributed by atoms with E-state index in [4.69, 9.17) is 39.5 Å². The number of aromatic amines is 1. The quantitative estimate of drug-likeness (QED) is 0.451. The number of halogens is 3. The topological polar surface area (TPSA) is 83.2 Å². The summed E-state index contributed by atoms with van der Waals surface area (Å²) in [5, 5.41) is 7.02. The minimum absolute atomic E-state index is 0.124. The Morgan fingerprint density at radius 1 is 1.04 bits per heavy atom. The number of benzene rings is 2. The summed E-state index contributed by atoms with van der Waals surface area (Å²) in [5.74, 6) is -0.588. The second kappa shape index (κ2) is 8.08. The summed E-state index contributed by atoms with van der Waals surface area (Å²) >= 11 is 17.9. The van der Waals surface area contributed by atoms with Crippen molar-refractivity contribution in [1.29, 1.82) is 0 Å². The number of aromatic nitrogens is 1. The third kappa shape index (κ3) is 4.30. The number of carbonyl (C=O) groups is 2. The number of hydrogen-bond donors (Lipinski definition) is 3. The molecule has 0 saturated carbocycles. The summed E-state index contributed by atoms with van der Waals surface area (Å²) in [5.41, 5.74) is 1.46. The monoisotopic (exact) mass is 425 g/mol. The second-order valence-electron chi connectivity index (χ2n) is 5.49. The average Bonchev–Trinajstić information content (AvgIpc) is 2.96. The zero-order valence-corrected chi connectivity index (χ0v) is 16.3. The fourth-order valence-corrected chi connectivity index (χ4v) is 2.97. The van der Waals surface area contributed by atoms with Gasteiger partial charge >= 0.3 is 12.0 Å². The molecule has 9 heteroatoms. The smallest absolute Gasteiger partial charge is 0.356 e. The van der Waals surface area contributed by atoms with Crippen LogP contribution in [0.3, 0.4) is 0 Å². The minimum atomic E-state index is -0.588. The van der Waals surface area contributed by atoms with Gasteiger partial charge in [-0.15, -0.1) is 0 Å². The van der Waals surface area contributed by atoms with Crippen LogP contribution in [-0.2, 0) is 4.74 Å². The van der Waals surface area contributed by atoms with Crippen molar-refractivity contribution in [2.75, 3.05) is 17.2 Å². The summed E-state index contributed by atoms with van der Waals surface area (Å²) in [6.07, 6.45) is 0. The Labute approximate surface area is 169 Å². The lowest BCUT2D eigenvalue weighted by Crippen LogP contribution is -2.21. The highest BCUT2D eigenvalue weighted by atomic mass is 35.5. The van der Waals surface area contributed by atoms with Crippen molar-refractivity contribution >= 4 is 69.1 Å². The molecular weight excluding hydrogens is 413 g/mol. The van der Waals surface area contributed by atoms with Crippen LogP contribution < -0.4 is 10.6 Å². The van der Waals surface area contributed by atoms with Crippen molar-refractivity contribution in [2.45, 2.75) is 6.92 Å². The van der Waals surface area contributed by atoms with Gasteiger partial charge in [0.15, 0.2) is 0 Å². The Morgan fingerprint density at radius 2 is 1.81 bits per heavy atom. The SMILES string of the molecule is CCOC(=O)c1[nH]c2ccc(Cl)cc2c1NC(=O)Nc1ccc(Cl)c(Cl)c1. The summed E-state index contributed by atoms with van der Waals surface area (Å²) in [6.45, 7) is 1.89. The van der Waals surface area contributed by atoms with Crippen LogP contribution in [0.15, 0.2) is 36.4 Å². The number of ether oxygens (including phenoxy) is 1. The number of anilines is 2. The molecule has 3 aromatic rings. The van der Waals surface area contributed by atoms with Gasteiger partial charge in [-0.05, 0) is 43.3 Å². The van der Waals surface area contributed by atoms with Crippen molar-refractivity contribution < 1.29 is 14.3 Å². The largest absolute Gasteiger partial charge is 0.461 e. The van der Waals surface area contributed by atoms with Crippen LogP contribution in [0.25, 0.3) is 10.9 Å². The number of hydrogen-bond acceptors (Lipinski definition) is 3. The van der Waals surface area contributed by atoms with E-state index in [2.05, 4.69) is 15.6 Å². The molecule has 3 N–H and O–H groups in total. The molecule has 0 radical (unpaired) electrons. The number of fused-ring (bicyclic) bond motifs is 1. The predicted octanol–water partition coefficient (Wildman–Crippen LogP) is 5.95. The molecule has 0 aliphatic heterocycles. The summed E-state index contributed by atoms with van der Waals surface area (Å²) < 4.78 is 5.05. The highest BCUT2D eigenvalue weighted by molar-refractivity contribution is 6.42. The van der Waals surface area contributed by atoms with Crippen LogP contribution in [-0.4, -0.2) is 23.6 Å². The lowest BCUT2D eigenvalue weighted by Gasteiger charge is -2.09. The van der Waals surface area contributed by atoms with Crippen LogP contribution in [0.5, 0.6) is 0 Å². The van der Waals surface area contributed by atoms with E-state index < -0.39 is 12.0 Å². The Balaban J connectivity index is 1.92. The molecular formula is C18H14Cl3N3O3. The third-order valence-electron chi connectivity index (χ3n) is 3.66. The fraction of sp³-hybridized carbons (Fsp3) is 0.111. The van der Waals surface area contributed by atoms with Crippen LogP contribution in [0.2, 0.25) is 15.1 Å². The number of H-pyrrole nitrogens is 1. The van der Waals surface area contributed by atoms with Gasteiger partial charge in [0, 0.05) is 21.6 Å². The maximum Gasteiger partial charge on any atom is 0.356 e. The molecule has 0 spiro atoms. The first-order valence-electron chi connectivity index (χ1n) is 7.90. The molecule has 6 nitrogen and oxygen atoms in total. The molecule has 0 saturated heterocycles. The molecule has 140 valence electrons. The van der Waals surface area contributed by atoms with Gasteiger partial charge in [0.05, 0.1) is 22.3 Å². The lowest BCUT2D eigenvalue weighted by molar-refractivity contribution is 0.0522. The first kappa shape index (κ1) is 19.4. The molecule has 1 aromatic heterocycles. The Hall–Kier alpha value is -2.41. The second-order valence-corrected chi connectivity index (χ2v) is 6.74. The van der Waals surface area contributed by atoms with E-state index in [0.717, 1.165) is 0 Å². The molecule has 27 heavy (non-hydrogen) atoms. The van der Waals surface area contributed by atoms with Crippen LogP contribution in [0.1, 0.15) is 17.4 Å². The van der Waals surface area contributed by atoms with Gasteiger partial charge in [-0.1, -0.05) is 34.8 Å². The number of esters is 1. The number of nitrogens with one attached hydrogen (secondary N) is 3. The normalized spacial score (nSPS) is 10.7. The fourth-order valence-electron chi connectivity index (χ4n) is 2.50. The van der Waals surface area contributed by atoms with Gasteiger partial charge in [0.2, 0.25) is 0 Å². The molecule has 0 aliphatic carbocycles. The predicted molar refractivity (Wildman–Crippen MR) is 108 cm³/mol. The maximum atomic E-state index is 12.4. The molecule has 0 unspecified atom stereocenters. The van der Waals surface area contributed by atoms with Gasteiger partial charge in [-0.25, -0.2) is 9.59 Å². The Bertz CT molecular complexity index is 1030. The van der Waals surface area contributed by atoms with E-state index in [1.54, 1.807) is 37.3 Å². The summed E-state index contributed by atoms with van der Waals surface area (Å²) in [7, 11) is 0. The van der Waals surface area contributed by atoms with Crippen LogP contribution in [0, 0.1) is 0 Å². The van der Waals surface area contributed by atoms with Crippen molar-refractivity contribution in [3.8, 4) is 0 Å². The van der Waals surface area contributed by atoms with Crippen LogP contribution >= 0.6 is 34.8 Å². The zero-order chi connectivity index (χ0) is 19.6. The van der Waals surface area contributed by atoms with Gasteiger partial charge in [0.25, 0.3) is 0 Å². The van der Waals surface area contributed by atoms with E-state index in [1.165, 1.54) is 6.07 Å². The highest BCUT2D eigenvalue weighted by Gasteiger charge is 2.21. The molecule has 2 aromatic carbocycles. The first-order valence-corrected chi connectivity index (χ1v) is 9.04.